The number of piperazine rings is 1. The minimum absolute atomic E-state index is 0.0425. The molecule has 0 bridgehead atoms. The largest absolute Gasteiger partial charge is 0.379 e. The molecule has 5 rings (SSSR count). The molecule has 15 heteroatoms. The van der Waals surface area contributed by atoms with Crippen LogP contribution in [0.5, 0.6) is 0 Å². The summed E-state index contributed by atoms with van der Waals surface area (Å²) in [6, 6.07) is 6.94. The molecule has 0 saturated carbocycles. The second kappa shape index (κ2) is 13.5. The fourth-order valence-corrected chi connectivity index (χ4v) is 5.12. The van der Waals surface area contributed by atoms with Gasteiger partial charge in [0.05, 0.1) is 41.5 Å². The number of halogens is 2. The lowest BCUT2D eigenvalue weighted by Gasteiger charge is -2.35. The normalized spacial score (nSPS) is 16.5. The first kappa shape index (κ1) is 29.1. The van der Waals surface area contributed by atoms with Gasteiger partial charge in [0.1, 0.15) is 0 Å². The Morgan fingerprint density at radius 2 is 1.76 bits per heavy atom. The van der Waals surface area contributed by atoms with Crippen LogP contribution in [0.4, 0.5) is 11.4 Å². The summed E-state index contributed by atoms with van der Waals surface area (Å²) < 4.78 is 6.87. The van der Waals surface area contributed by atoms with E-state index in [2.05, 4.69) is 52.9 Å². The number of ether oxygens (including phenoxy) is 1. The van der Waals surface area contributed by atoms with Crippen molar-refractivity contribution in [2.24, 2.45) is 0 Å². The molecule has 0 atom stereocenters. The number of nitrogens with zero attached hydrogens (tertiary/aromatic N) is 8. The number of likely N-dealkylation sites (N-methyl/N-ethyl adjacent to an activating group) is 1. The van der Waals surface area contributed by atoms with E-state index in [-0.39, 0.29) is 27.5 Å². The van der Waals surface area contributed by atoms with Gasteiger partial charge >= 0.3 is 0 Å². The third-order valence-corrected chi connectivity index (χ3v) is 7.51. The molecular formula is C26H32Cl2N10O3. The third-order valence-electron chi connectivity index (χ3n) is 7.04. The van der Waals surface area contributed by atoms with Gasteiger partial charge in [-0.15, -0.1) is 15.3 Å². The highest BCUT2D eigenvalue weighted by molar-refractivity contribution is 6.36. The van der Waals surface area contributed by atoms with Crippen LogP contribution in [0.3, 0.4) is 0 Å². The minimum atomic E-state index is -0.526. The summed E-state index contributed by atoms with van der Waals surface area (Å²) >= 11 is 12.1. The molecule has 2 aliphatic rings. The summed E-state index contributed by atoms with van der Waals surface area (Å²) in [6.45, 7) is 8.12. The highest BCUT2D eigenvalue weighted by Crippen LogP contribution is 2.30. The van der Waals surface area contributed by atoms with Gasteiger partial charge in [0.2, 0.25) is 0 Å². The maximum atomic E-state index is 13.1. The van der Waals surface area contributed by atoms with Crippen molar-refractivity contribution in [3.8, 4) is 5.69 Å². The number of benzene rings is 1. The van der Waals surface area contributed by atoms with Crippen molar-refractivity contribution in [1.82, 2.24) is 40.3 Å². The number of carbonyl (C=O) groups excluding carboxylic acids is 2. The van der Waals surface area contributed by atoms with E-state index in [0.717, 1.165) is 71.1 Å². The molecule has 2 aromatic heterocycles. The Morgan fingerprint density at radius 1 is 0.976 bits per heavy atom. The van der Waals surface area contributed by atoms with Crippen LogP contribution < -0.4 is 15.5 Å². The Balaban J connectivity index is 1.30. The van der Waals surface area contributed by atoms with Crippen molar-refractivity contribution in [3.05, 3.63) is 52.0 Å². The number of hydrogen-bond acceptors (Lipinski definition) is 10. The third kappa shape index (κ3) is 7.49. The second-order valence-corrected chi connectivity index (χ2v) is 10.7. The molecule has 2 amide bonds. The van der Waals surface area contributed by atoms with E-state index >= 15 is 0 Å². The van der Waals surface area contributed by atoms with Gasteiger partial charge in [-0.05, 0) is 44.3 Å². The van der Waals surface area contributed by atoms with Crippen molar-refractivity contribution in [3.63, 3.8) is 0 Å². The maximum absolute atomic E-state index is 13.1. The molecule has 0 spiro atoms. The highest BCUT2D eigenvalue weighted by atomic mass is 35.5. The lowest BCUT2D eigenvalue weighted by Crippen LogP contribution is -2.44. The van der Waals surface area contributed by atoms with Crippen LogP contribution in [0.15, 0.2) is 30.5 Å². The van der Waals surface area contributed by atoms with Gasteiger partial charge in [-0.2, -0.15) is 0 Å². The van der Waals surface area contributed by atoms with E-state index in [1.54, 1.807) is 12.3 Å². The molecule has 3 aromatic rings. The number of carbonyl (C=O) groups is 2. The summed E-state index contributed by atoms with van der Waals surface area (Å²) in [5.74, 6) is -0.820. The number of morpholine rings is 1. The van der Waals surface area contributed by atoms with Gasteiger partial charge in [-0.25, -0.2) is 4.68 Å². The predicted molar refractivity (Wildman–Crippen MR) is 155 cm³/mol. The predicted octanol–water partition coefficient (Wildman–Crippen LogP) is 1.82. The Bertz CT molecular complexity index is 1370. The zero-order valence-electron chi connectivity index (χ0n) is 22.7. The number of anilines is 2. The molecule has 2 saturated heterocycles. The minimum Gasteiger partial charge on any atom is -0.379 e. The quantitative estimate of drug-likeness (QED) is 0.349. The summed E-state index contributed by atoms with van der Waals surface area (Å²) in [5, 5.41) is 21.8. The smallest absolute Gasteiger partial charge is 0.277 e. The van der Waals surface area contributed by atoms with Crippen LogP contribution in [0, 0.1) is 0 Å². The molecule has 41 heavy (non-hydrogen) atoms. The summed E-state index contributed by atoms with van der Waals surface area (Å²) in [4.78, 5) is 32.6. The van der Waals surface area contributed by atoms with Gasteiger partial charge in [0.25, 0.3) is 11.8 Å². The fraction of sp³-hybridized carbons (Fsp3) is 0.462. The van der Waals surface area contributed by atoms with E-state index < -0.39 is 5.91 Å². The number of hydrogen-bond donors (Lipinski definition) is 2. The summed E-state index contributed by atoms with van der Waals surface area (Å²) in [7, 11) is 2.08. The molecule has 0 unspecified atom stereocenters. The van der Waals surface area contributed by atoms with Crippen molar-refractivity contribution in [1.29, 1.82) is 0 Å². The van der Waals surface area contributed by atoms with Crippen LogP contribution in [-0.2, 0) is 4.74 Å². The van der Waals surface area contributed by atoms with Crippen LogP contribution in [0.25, 0.3) is 5.69 Å². The van der Waals surface area contributed by atoms with E-state index in [1.165, 1.54) is 10.7 Å². The molecular weight excluding hydrogens is 571 g/mol. The topological polar surface area (TPSA) is 134 Å². The van der Waals surface area contributed by atoms with Crippen molar-refractivity contribution in [2.45, 2.75) is 6.42 Å². The Morgan fingerprint density at radius 3 is 2.51 bits per heavy atom. The summed E-state index contributed by atoms with van der Waals surface area (Å²) in [5.41, 5.74) is 2.15. The zero-order valence-corrected chi connectivity index (χ0v) is 24.2. The molecule has 2 N–H and O–H groups in total. The number of aromatic nitrogens is 5. The Hall–Kier alpha value is -3.36. The van der Waals surface area contributed by atoms with E-state index in [4.69, 9.17) is 27.9 Å². The number of nitrogens with one attached hydrogen (secondary N) is 2. The van der Waals surface area contributed by atoms with Crippen LogP contribution in [-0.4, -0.2) is 119 Å². The van der Waals surface area contributed by atoms with Crippen LogP contribution in [0.1, 0.15) is 27.4 Å². The lowest BCUT2D eigenvalue weighted by molar-refractivity contribution is 0.0374. The monoisotopic (exact) mass is 602 g/mol. The first-order chi connectivity index (χ1) is 19.9. The molecule has 2 aliphatic heterocycles. The van der Waals surface area contributed by atoms with Crippen molar-refractivity contribution < 1.29 is 14.3 Å². The van der Waals surface area contributed by atoms with E-state index in [1.807, 2.05) is 12.1 Å². The molecule has 4 heterocycles. The van der Waals surface area contributed by atoms with Crippen LogP contribution >= 0.6 is 23.2 Å². The van der Waals surface area contributed by atoms with Gasteiger partial charge in [0, 0.05) is 45.8 Å². The molecule has 0 radical (unpaired) electrons. The molecule has 1 aromatic carbocycles. The molecule has 13 nitrogen and oxygen atoms in total. The van der Waals surface area contributed by atoms with Gasteiger partial charge in [-0.1, -0.05) is 28.4 Å². The van der Waals surface area contributed by atoms with E-state index in [0.29, 0.717) is 17.9 Å². The first-order valence-electron chi connectivity index (χ1n) is 13.5. The summed E-state index contributed by atoms with van der Waals surface area (Å²) in [6.07, 6.45) is 2.40. The average Bonchev–Trinajstić information content (AvgIpc) is 3.47. The van der Waals surface area contributed by atoms with Crippen molar-refractivity contribution in [2.75, 3.05) is 82.8 Å². The zero-order chi connectivity index (χ0) is 28.8. The lowest BCUT2D eigenvalue weighted by atomic mass is 10.2. The highest BCUT2D eigenvalue weighted by Gasteiger charge is 2.22. The van der Waals surface area contributed by atoms with Gasteiger partial charge in [-0.3, -0.25) is 14.5 Å². The average molecular weight is 604 g/mol. The SMILES string of the molecule is CN1CCN(c2ccc(-n3cc(C(=O)NCCCN4CCOCC4)nn3)cc2NC(=O)c2nnc(Cl)cc2Cl)CC1. The fourth-order valence-electron chi connectivity index (χ4n) is 4.69. The van der Waals surface area contributed by atoms with Crippen molar-refractivity contribution >= 4 is 46.4 Å². The van der Waals surface area contributed by atoms with Crippen LogP contribution in [0.2, 0.25) is 10.2 Å². The van der Waals surface area contributed by atoms with Gasteiger partial charge < -0.3 is 25.2 Å². The van der Waals surface area contributed by atoms with Gasteiger partial charge in [0.15, 0.2) is 16.5 Å². The first-order valence-corrected chi connectivity index (χ1v) is 14.2. The second-order valence-electron chi connectivity index (χ2n) is 9.92. The molecule has 2 fully saturated rings. The Kier molecular flexibility index (Phi) is 9.62. The number of rotatable bonds is 9. The Labute approximate surface area is 247 Å². The maximum Gasteiger partial charge on any atom is 0.277 e. The molecule has 218 valence electrons. The molecule has 0 aliphatic carbocycles. The number of amides is 2. The standard InChI is InChI=1S/C26H32Cl2N10O3/c1-35-7-9-37(10-8-35)22-4-3-18(15-20(22)30-26(40)24-19(27)16-23(28)32-33-24)38-17-21(31-34-38)25(39)29-5-2-6-36-11-13-41-14-12-36/h3-4,15-17H,2,5-14H2,1H3,(H,29,39)(H,30,40). The van der Waals surface area contributed by atoms with E-state index in [9.17, 15) is 9.59 Å².